The van der Waals surface area contributed by atoms with Gasteiger partial charge in [-0.1, -0.05) is 6.42 Å². The largest absolute Gasteiger partial charge is 0.481 e. The summed E-state index contributed by atoms with van der Waals surface area (Å²) in [6, 6.07) is -0.217. The Morgan fingerprint density at radius 1 is 1.33 bits per heavy atom. The number of nitrogens with zero attached hydrogens (tertiary/aromatic N) is 1. The second kappa shape index (κ2) is 5.92. The number of carboxylic acids is 1. The smallest absolute Gasteiger partial charge is 0.310 e. The first kappa shape index (κ1) is 16.2. The minimum absolute atomic E-state index is 0.0199. The maximum absolute atomic E-state index is 11.9. The van der Waals surface area contributed by atoms with Gasteiger partial charge in [0.05, 0.1) is 11.7 Å². The molecular weight excluding hydrogens is 296 g/mol. The van der Waals surface area contributed by atoms with Gasteiger partial charge in [-0.2, -0.15) is 4.31 Å². The molecule has 120 valence electrons. The van der Waals surface area contributed by atoms with E-state index in [4.69, 9.17) is 0 Å². The third-order valence-electron chi connectivity index (χ3n) is 4.55. The molecule has 1 saturated heterocycles. The number of sulfonamides is 1. The second-order valence-electron chi connectivity index (χ2n) is 6.09. The summed E-state index contributed by atoms with van der Waals surface area (Å²) in [5.41, 5.74) is -0.906. The van der Waals surface area contributed by atoms with Gasteiger partial charge in [0, 0.05) is 25.6 Å². The monoisotopic (exact) mass is 318 g/mol. The maximum Gasteiger partial charge on any atom is 0.310 e. The molecule has 1 saturated carbocycles. The molecule has 2 rings (SSSR count). The zero-order valence-corrected chi connectivity index (χ0v) is 13.0. The second-order valence-corrected chi connectivity index (χ2v) is 8.02. The average molecular weight is 318 g/mol. The van der Waals surface area contributed by atoms with E-state index in [1.165, 1.54) is 10.6 Å². The minimum atomic E-state index is -3.25. The molecule has 0 bridgehead atoms. The minimum Gasteiger partial charge on any atom is -0.481 e. The van der Waals surface area contributed by atoms with Gasteiger partial charge in [-0.15, -0.1) is 0 Å². The summed E-state index contributed by atoms with van der Waals surface area (Å²) in [5, 5.41) is 11.9. The Hall–Kier alpha value is -1.15. The predicted molar refractivity (Wildman–Crippen MR) is 76.1 cm³/mol. The molecule has 0 spiro atoms. The molecule has 21 heavy (non-hydrogen) atoms. The molecule has 0 aromatic rings. The normalized spacial score (nSPS) is 25.3. The number of rotatable bonds is 6. The van der Waals surface area contributed by atoms with E-state index in [1.807, 2.05) is 0 Å². The van der Waals surface area contributed by atoms with Gasteiger partial charge in [0.15, 0.2) is 0 Å². The Balaban J connectivity index is 1.85. The first-order valence-electron chi connectivity index (χ1n) is 7.21. The maximum atomic E-state index is 11.9. The van der Waals surface area contributed by atoms with Crippen molar-refractivity contribution in [2.45, 2.75) is 44.6 Å². The summed E-state index contributed by atoms with van der Waals surface area (Å²) in [4.78, 5) is 23.1. The van der Waals surface area contributed by atoms with Crippen LogP contribution < -0.4 is 5.32 Å². The fraction of sp³-hybridized carbons (Fsp3) is 0.846. The Morgan fingerprint density at radius 3 is 2.48 bits per heavy atom. The van der Waals surface area contributed by atoms with Crippen LogP contribution in [0.1, 0.15) is 38.5 Å². The van der Waals surface area contributed by atoms with Gasteiger partial charge in [-0.05, 0) is 25.7 Å². The fourth-order valence-electron chi connectivity index (χ4n) is 3.12. The first-order chi connectivity index (χ1) is 9.74. The highest BCUT2D eigenvalue weighted by Crippen LogP contribution is 2.44. The SMILES string of the molecule is CS(=O)(=O)N1CCC[C@@H]1CNC(=O)CC1(C(=O)O)CCC1. The average Bonchev–Trinajstić information content (AvgIpc) is 2.78. The number of hydrogen-bond acceptors (Lipinski definition) is 4. The van der Waals surface area contributed by atoms with Gasteiger partial charge >= 0.3 is 5.97 Å². The van der Waals surface area contributed by atoms with E-state index < -0.39 is 21.4 Å². The van der Waals surface area contributed by atoms with Gasteiger partial charge < -0.3 is 10.4 Å². The van der Waals surface area contributed by atoms with E-state index >= 15 is 0 Å². The van der Waals surface area contributed by atoms with Crippen LogP contribution in [0.4, 0.5) is 0 Å². The molecule has 1 aliphatic heterocycles. The summed E-state index contributed by atoms with van der Waals surface area (Å²) >= 11 is 0. The number of carbonyl (C=O) groups excluding carboxylic acids is 1. The van der Waals surface area contributed by atoms with Gasteiger partial charge in [-0.25, -0.2) is 8.42 Å². The molecule has 1 amide bonds. The Kier molecular flexibility index (Phi) is 4.57. The van der Waals surface area contributed by atoms with Crippen molar-refractivity contribution in [2.75, 3.05) is 19.3 Å². The molecule has 1 heterocycles. The number of hydrogen-bond donors (Lipinski definition) is 2. The van der Waals surface area contributed by atoms with E-state index in [0.717, 1.165) is 19.3 Å². The third kappa shape index (κ3) is 3.55. The van der Waals surface area contributed by atoms with Crippen LogP contribution in [-0.2, 0) is 19.6 Å². The molecule has 0 radical (unpaired) electrons. The van der Waals surface area contributed by atoms with E-state index in [2.05, 4.69) is 5.32 Å². The van der Waals surface area contributed by atoms with Gasteiger partial charge in [-0.3, -0.25) is 9.59 Å². The molecule has 2 aliphatic rings. The molecular formula is C13H22N2O5S. The summed E-state index contributed by atoms with van der Waals surface area (Å²) < 4.78 is 24.6. The van der Waals surface area contributed by atoms with Crippen LogP contribution in [0.15, 0.2) is 0 Å². The quantitative estimate of drug-likeness (QED) is 0.726. The lowest BCUT2D eigenvalue weighted by Gasteiger charge is -2.37. The van der Waals surface area contributed by atoms with Crippen molar-refractivity contribution < 1.29 is 23.1 Å². The Bertz CT molecular complexity index is 527. The van der Waals surface area contributed by atoms with Crippen LogP contribution in [0.5, 0.6) is 0 Å². The van der Waals surface area contributed by atoms with Crippen LogP contribution in [0.25, 0.3) is 0 Å². The van der Waals surface area contributed by atoms with Crippen LogP contribution >= 0.6 is 0 Å². The molecule has 8 heteroatoms. The lowest BCUT2D eigenvalue weighted by Crippen LogP contribution is -2.46. The molecule has 7 nitrogen and oxygen atoms in total. The molecule has 0 aromatic carbocycles. The number of nitrogens with one attached hydrogen (secondary N) is 1. The lowest BCUT2D eigenvalue weighted by molar-refractivity contribution is -0.157. The fourth-order valence-corrected chi connectivity index (χ4v) is 4.30. The molecule has 0 aromatic heterocycles. The summed E-state index contributed by atoms with van der Waals surface area (Å²) in [6.07, 6.45) is 4.56. The summed E-state index contributed by atoms with van der Waals surface area (Å²) in [5.74, 6) is -1.22. The van der Waals surface area contributed by atoms with Crippen LogP contribution in [-0.4, -0.2) is 55.1 Å². The number of carboxylic acid groups (broad SMARTS) is 1. The number of amides is 1. The zero-order valence-electron chi connectivity index (χ0n) is 12.2. The van der Waals surface area contributed by atoms with Crippen LogP contribution in [0, 0.1) is 5.41 Å². The van der Waals surface area contributed by atoms with E-state index in [9.17, 15) is 23.1 Å². The molecule has 2 N–H and O–H groups in total. The van der Waals surface area contributed by atoms with Crippen molar-refractivity contribution in [1.29, 1.82) is 0 Å². The molecule has 1 atom stereocenters. The summed E-state index contributed by atoms with van der Waals surface area (Å²) in [7, 11) is -3.25. The van der Waals surface area contributed by atoms with Crippen LogP contribution in [0.2, 0.25) is 0 Å². The van der Waals surface area contributed by atoms with Gasteiger partial charge in [0.2, 0.25) is 15.9 Å². The lowest BCUT2D eigenvalue weighted by atomic mass is 9.66. The molecule has 2 fully saturated rings. The number of carbonyl (C=O) groups is 2. The Morgan fingerprint density at radius 2 is 2.00 bits per heavy atom. The Labute approximate surface area is 124 Å². The van der Waals surface area contributed by atoms with Crippen molar-refractivity contribution in [3.05, 3.63) is 0 Å². The predicted octanol–water partition coefficient (Wildman–Crippen LogP) is 0.172. The first-order valence-corrected chi connectivity index (χ1v) is 9.06. The molecule has 1 aliphatic carbocycles. The zero-order chi connectivity index (χ0) is 15.7. The van der Waals surface area contributed by atoms with Gasteiger partial charge in [0.1, 0.15) is 0 Å². The van der Waals surface area contributed by atoms with Crippen molar-refractivity contribution in [1.82, 2.24) is 9.62 Å². The molecule has 0 unspecified atom stereocenters. The summed E-state index contributed by atoms with van der Waals surface area (Å²) in [6.45, 7) is 0.736. The highest BCUT2D eigenvalue weighted by molar-refractivity contribution is 7.88. The topological polar surface area (TPSA) is 104 Å². The van der Waals surface area contributed by atoms with E-state index in [1.54, 1.807) is 0 Å². The highest BCUT2D eigenvalue weighted by atomic mass is 32.2. The van der Waals surface area contributed by atoms with E-state index in [-0.39, 0.29) is 24.9 Å². The number of aliphatic carboxylic acids is 1. The van der Waals surface area contributed by atoms with Crippen molar-refractivity contribution >= 4 is 21.9 Å². The van der Waals surface area contributed by atoms with Crippen molar-refractivity contribution in [3.63, 3.8) is 0 Å². The van der Waals surface area contributed by atoms with E-state index in [0.29, 0.717) is 19.4 Å². The van der Waals surface area contributed by atoms with Crippen LogP contribution in [0.3, 0.4) is 0 Å². The van der Waals surface area contributed by atoms with Crippen molar-refractivity contribution in [3.8, 4) is 0 Å². The third-order valence-corrected chi connectivity index (χ3v) is 5.88. The van der Waals surface area contributed by atoms with Gasteiger partial charge in [0.25, 0.3) is 0 Å². The van der Waals surface area contributed by atoms with Crippen molar-refractivity contribution in [2.24, 2.45) is 5.41 Å². The standard InChI is InChI=1S/C13H22N2O5S/c1-21(19,20)15-7-2-4-10(15)9-14-11(16)8-13(12(17)18)5-3-6-13/h10H,2-9H2,1H3,(H,14,16)(H,17,18)/t10-/m1/s1. The highest BCUT2D eigenvalue weighted by Gasteiger charge is 2.46.